The zero-order valence-electron chi connectivity index (χ0n) is 10.1. The van der Waals surface area contributed by atoms with Crippen LogP contribution in [0.15, 0.2) is 12.5 Å². The first-order valence-electron chi connectivity index (χ1n) is 6.12. The Morgan fingerprint density at radius 3 is 3.06 bits per heavy atom. The first-order chi connectivity index (χ1) is 7.85. The van der Waals surface area contributed by atoms with E-state index in [1.807, 2.05) is 6.20 Å². The van der Waals surface area contributed by atoms with E-state index in [4.69, 9.17) is 4.84 Å². The molecule has 2 rings (SSSR count). The van der Waals surface area contributed by atoms with Gasteiger partial charge in [-0.15, -0.1) is 0 Å². The van der Waals surface area contributed by atoms with E-state index in [9.17, 15) is 0 Å². The van der Waals surface area contributed by atoms with Gasteiger partial charge < -0.3 is 9.82 Å². The Bertz CT molecular complexity index is 299. The molecule has 16 heavy (non-hydrogen) atoms. The van der Waals surface area contributed by atoms with Gasteiger partial charge in [0.25, 0.3) is 0 Å². The van der Waals surface area contributed by atoms with Gasteiger partial charge in [-0.2, -0.15) is 5.48 Å². The number of H-pyrrole nitrogens is 1. The third-order valence-corrected chi connectivity index (χ3v) is 3.74. The number of rotatable bonds is 4. The highest BCUT2D eigenvalue weighted by Gasteiger charge is 2.30. The van der Waals surface area contributed by atoms with Gasteiger partial charge in [0.05, 0.1) is 13.4 Å². The molecule has 3 atom stereocenters. The van der Waals surface area contributed by atoms with Crippen LogP contribution in [-0.2, 0) is 4.84 Å². The summed E-state index contributed by atoms with van der Waals surface area (Å²) in [5.41, 5.74) is 4.41. The zero-order valence-corrected chi connectivity index (χ0v) is 10.1. The molecule has 3 unspecified atom stereocenters. The van der Waals surface area contributed by atoms with Crippen LogP contribution < -0.4 is 5.48 Å². The Morgan fingerprint density at radius 1 is 1.56 bits per heavy atom. The van der Waals surface area contributed by atoms with Crippen molar-refractivity contribution in [1.29, 1.82) is 0 Å². The third kappa shape index (κ3) is 2.44. The van der Waals surface area contributed by atoms with Crippen molar-refractivity contribution < 1.29 is 4.84 Å². The maximum atomic E-state index is 5.07. The van der Waals surface area contributed by atoms with E-state index in [2.05, 4.69) is 22.4 Å². The summed E-state index contributed by atoms with van der Waals surface area (Å²) in [5.74, 6) is 1.34. The Hall–Kier alpha value is -0.870. The van der Waals surface area contributed by atoms with Gasteiger partial charge in [-0.3, -0.25) is 0 Å². The van der Waals surface area contributed by atoms with Crippen molar-refractivity contribution in [3.05, 3.63) is 18.2 Å². The first-order valence-corrected chi connectivity index (χ1v) is 6.12. The summed E-state index contributed by atoms with van der Waals surface area (Å²) in [7, 11) is 1.70. The molecule has 1 aromatic rings. The van der Waals surface area contributed by atoms with Crippen molar-refractivity contribution >= 4 is 0 Å². The van der Waals surface area contributed by atoms with Crippen molar-refractivity contribution in [3.8, 4) is 0 Å². The number of aromatic nitrogens is 2. The molecule has 0 spiro atoms. The van der Waals surface area contributed by atoms with E-state index in [1.54, 1.807) is 13.4 Å². The lowest BCUT2D eigenvalue weighted by Gasteiger charge is -2.35. The van der Waals surface area contributed by atoms with E-state index < -0.39 is 0 Å². The fourth-order valence-corrected chi connectivity index (χ4v) is 2.79. The lowest BCUT2D eigenvalue weighted by molar-refractivity contribution is 0.0234. The highest BCUT2D eigenvalue weighted by molar-refractivity contribution is 5.06. The summed E-state index contributed by atoms with van der Waals surface area (Å²) in [6, 6.07) is 0.508. The number of nitrogens with one attached hydrogen (secondary N) is 2. The number of nitrogens with zero attached hydrogens (tertiary/aromatic N) is 1. The van der Waals surface area contributed by atoms with E-state index in [-0.39, 0.29) is 0 Å². The normalized spacial score (nSPS) is 30.5. The summed E-state index contributed by atoms with van der Waals surface area (Å²) in [6.07, 6.45) is 8.54. The Labute approximate surface area is 96.8 Å². The third-order valence-electron chi connectivity index (χ3n) is 3.74. The van der Waals surface area contributed by atoms with Crippen LogP contribution in [0.4, 0.5) is 0 Å². The minimum Gasteiger partial charge on any atom is -0.348 e. The molecule has 0 bridgehead atoms. The number of hydroxylamine groups is 1. The van der Waals surface area contributed by atoms with Crippen LogP contribution in [-0.4, -0.2) is 23.1 Å². The average molecular weight is 223 g/mol. The quantitative estimate of drug-likeness (QED) is 0.769. The van der Waals surface area contributed by atoms with Crippen LogP contribution in [0, 0.1) is 5.92 Å². The summed E-state index contributed by atoms with van der Waals surface area (Å²) in [4.78, 5) is 12.4. The van der Waals surface area contributed by atoms with Crippen LogP contribution in [0.3, 0.4) is 0 Å². The van der Waals surface area contributed by atoms with E-state index in [1.165, 1.54) is 31.4 Å². The SMILES string of the molecule is CCC1CC(c2cnc[nH]2)CCC1NOC. The van der Waals surface area contributed by atoms with Gasteiger partial charge in [0.1, 0.15) is 0 Å². The molecule has 4 nitrogen and oxygen atoms in total. The number of imidazole rings is 1. The van der Waals surface area contributed by atoms with Crippen molar-refractivity contribution in [3.63, 3.8) is 0 Å². The zero-order chi connectivity index (χ0) is 11.4. The summed E-state index contributed by atoms with van der Waals surface area (Å²) >= 11 is 0. The maximum absolute atomic E-state index is 5.07. The molecular formula is C12H21N3O. The molecule has 0 amide bonds. The molecule has 0 saturated heterocycles. The summed E-state index contributed by atoms with van der Waals surface area (Å²) in [5, 5.41) is 0. The number of hydrogen-bond acceptors (Lipinski definition) is 3. The molecule has 90 valence electrons. The van der Waals surface area contributed by atoms with Gasteiger partial charge in [0, 0.05) is 23.9 Å². The molecular weight excluding hydrogens is 202 g/mol. The molecule has 2 N–H and O–H groups in total. The molecule has 1 aliphatic rings. The van der Waals surface area contributed by atoms with Gasteiger partial charge in [-0.1, -0.05) is 13.3 Å². The molecule has 1 aliphatic carbocycles. The monoisotopic (exact) mass is 223 g/mol. The molecule has 1 heterocycles. The highest BCUT2D eigenvalue weighted by atomic mass is 16.6. The largest absolute Gasteiger partial charge is 0.348 e. The maximum Gasteiger partial charge on any atom is 0.0921 e. The van der Waals surface area contributed by atoms with Crippen molar-refractivity contribution in [2.45, 2.75) is 44.6 Å². The van der Waals surface area contributed by atoms with Crippen molar-refractivity contribution in [2.24, 2.45) is 5.92 Å². The molecule has 1 saturated carbocycles. The Morgan fingerprint density at radius 2 is 2.44 bits per heavy atom. The molecule has 4 heteroatoms. The minimum atomic E-state index is 0.508. The smallest absolute Gasteiger partial charge is 0.0921 e. The molecule has 0 aromatic carbocycles. The fourth-order valence-electron chi connectivity index (χ4n) is 2.79. The Kier molecular flexibility index (Phi) is 3.96. The van der Waals surface area contributed by atoms with E-state index in [0.29, 0.717) is 17.9 Å². The van der Waals surface area contributed by atoms with E-state index in [0.717, 1.165) is 0 Å². The minimum absolute atomic E-state index is 0.508. The second-order valence-electron chi connectivity index (χ2n) is 4.61. The lowest BCUT2D eigenvalue weighted by Crippen LogP contribution is -2.39. The fraction of sp³-hybridized carbons (Fsp3) is 0.750. The second-order valence-corrected chi connectivity index (χ2v) is 4.61. The topological polar surface area (TPSA) is 49.9 Å². The van der Waals surface area contributed by atoms with Crippen LogP contribution in [0.2, 0.25) is 0 Å². The number of aromatic amines is 1. The van der Waals surface area contributed by atoms with Gasteiger partial charge in [0.15, 0.2) is 0 Å². The lowest BCUT2D eigenvalue weighted by atomic mass is 9.76. The van der Waals surface area contributed by atoms with Gasteiger partial charge in [-0.05, 0) is 25.2 Å². The predicted molar refractivity (Wildman–Crippen MR) is 62.9 cm³/mol. The standard InChI is InChI=1S/C12H21N3O/c1-3-9-6-10(12-7-13-8-14-12)4-5-11(9)15-16-2/h7-11,15H,3-6H2,1-2H3,(H,13,14). The van der Waals surface area contributed by atoms with Gasteiger partial charge in [-0.25, -0.2) is 4.98 Å². The summed E-state index contributed by atoms with van der Waals surface area (Å²) < 4.78 is 0. The first kappa shape index (κ1) is 11.6. The van der Waals surface area contributed by atoms with Gasteiger partial charge >= 0.3 is 0 Å². The highest BCUT2D eigenvalue weighted by Crippen LogP contribution is 2.36. The van der Waals surface area contributed by atoms with Crippen molar-refractivity contribution in [1.82, 2.24) is 15.4 Å². The second kappa shape index (κ2) is 5.46. The van der Waals surface area contributed by atoms with Crippen molar-refractivity contribution in [2.75, 3.05) is 7.11 Å². The average Bonchev–Trinajstić information content (AvgIpc) is 2.83. The van der Waals surface area contributed by atoms with Crippen LogP contribution in [0.5, 0.6) is 0 Å². The van der Waals surface area contributed by atoms with E-state index >= 15 is 0 Å². The Balaban J connectivity index is 1.97. The molecule has 1 fully saturated rings. The van der Waals surface area contributed by atoms with Gasteiger partial charge in [0.2, 0.25) is 0 Å². The number of hydrogen-bond donors (Lipinski definition) is 2. The van der Waals surface area contributed by atoms with Crippen LogP contribution in [0.25, 0.3) is 0 Å². The summed E-state index contributed by atoms with van der Waals surface area (Å²) in [6.45, 7) is 2.25. The molecule has 0 aliphatic heterocycles. The van der Waals surface area contributed by atoms with Crippen LogP contribution >= 0.6 is 0 Å². The van der Waals surface area contributed by atoms with Crippen LogP contribution in [0.1, 0.15) is 44.2 Å². The predicted octanol–water partition coefficient (Wildman–Crippen LogP) is 2.22. The molecule has 1 aromatic heterocycles. The molecule has 0 radical (unpaired) electrons.